The Morgan fingerprint density at radius 3 is 2.12 bits per heavy atom. The Balaban J connectivity index is 1.51. The maximum Gasteiger partial charge on any atom is 0.200 e. The number of halogens is 2. The summed E-state index contributed by atoms with van der Waals surface area (Å²) in [5, 5.41) is 9.29. The molecule has 2 saturated carbocycles. The molecule has 0 heterocycles. The zero-order chi connectivity index (χ0) is 17.8. The molecule has 0 atom stereocenters. The summed E-state index contributed by atoms with van der Waals surface area (Å²) < 4.78 is 27.7. The van der Waals surface area contributed by atoms with Crippen LogP contribution in [0.5, 0.6) is 5.75 Å². The fourth-order valence-corrected chi connectivity index (χ4v) is 5.07. The summed E-state index contributed by atoms with van der Waals surface area (Å²) in [6.07, 6.45) is 13.9. The predicted octanol–water partition coefficient (Wildman–Crippen LogP) is 6.72. The lowest BCUT2D eigenvalue weighted by Crippen LogP contribution is -2.25. The summed E-state index contributed by atoms with van der Waals surface area (Å²) in [6, 6.07) is 2.84. The molecule has 3 heteroatoms. The molecule has 0 aliphatic heterocycles. The lowest BCUT2D eigenvalue weighted by Gasteiger charge is -2.38. The number of phenolic OH excluding ortho intramolecular Hbond substituents is 1. The molecule has 2 fully saturated rings. The van der Waals surface area contributed by atoms with Crippen LogP contribution in [-0.2, 0) is 0 Å². The van der Waals surface area contributed by atoms with Crippen LogP contribution in [-0.4, -0.2) is 5.11 Å². The second-order valence-electron chi connectivity index (χ2n) is 8.06. The molecule has 0 amide bonds. The molecule has 0 saturated heterocycles. The molecule has 2 aliphatic carbocycles. The Labute approximate surface area is 150 Å². The van der Waals surface area contributed by atoms with E-state index in [1.54, 1.807) is 6.07 Å². The van der Waals surface area contributed by atoms with Crippen LogP contribution in [0.2, 0.25) is 0 Å². The van der Waals surface area contributed by atoms with Crippen molar-refractivity contribution in [3.05, 3.63) is 42.0 Å². The predicted molar refractivity (Wildman–Crippen MR) is 97.6 cm³/mol. The van der Waals surface area contributed by atoms with Gasteiger partial charge in [-0.1, -0.05) is 25.0 Å². The molecule has 25 heavy (non-hydrogen) atoms. The molecular formula is C22H30F2O. The van der Waals surface area contributed by atoms with Crippen LogP contribution in [0, 0.1) is 29.4 Å². The minimum Gasteiger partial charge on any atom is -0.505 e. The molecule has 3 rings (SSSR count). The quantitative estimate of drug-likeness (QED) is 0.586. The van der Waals surface area contributed by atoms with Crippen molar-refractivity contribution in [3.63, 3.8) is 0 Å². The van der Waals surface area contributed by atoms with E-state index >= 15 is 0 Å². The average molecular weight is 348 g/mol. The van der Waals surface area contributed by atoms with Crippen molar-refractivity contribution in [1.82, 2.24) is 0 Å². The third-order valence-electron chi connectivity index (χ3n) is 6.64. The van der Waals surface area contributed by atoms with E-state index in [1.165, 1.54) is 38.2 Å². The Morgan fingerprint density at radius 2 is 1.52 bits per heavy atom. The number of phenols is 1. The maximum absolute atomic E-state index is 14.1. The molecule has 0 radical (unpaired) electrons. The summed E-state index contributed by atoms with van der Waals surface area (Å²) in [7, 11) is 0. The average Bonchev–Trinajstić information content (AvgIpc) is 2.65. The van der Waals surface area contributed by atoms with Gasteiger partial charge >= 0.3 is 0 Å². The number of allylic oxidation sites excluding steroid dienone is 1. The van der Waals surface area contributed by atoms with E-state index in [9.17, 15) is 13.9 Å². The van der Waals surface area contributed by atoms with E-state index in [0.717, 1.165) is 49.9 Å². The number of hydrogen-bond acceptors (Lipinski definition) is 1. The third-order valence-corrected chi connectivity index (χ3v) is 6.64. The van der Waals surface area contributed by atoms with E-state index in [0.29, 0.717) is 5.56 Å². The Bertz CT molecular complexity index is 582. The van der Waals surface area contributed by atoms with Crippen LogP contribution in [0.25, 0.3) is 0 Å². The van der Waals surface area contributed by atoms with Gasteiger partial charge < -0.3 is 5.11 Å². The van der Waals surface area contributed by atoms with Crippen molar-refractivity contribution in [2.75, 3.05) is 0 Å². The van der Waals surface area contributed by atoms with Crippen LogP contribution in [0.3, 0.4) is 0 Å². The SMILES string of the molecule is C=CCCC1CCC(C2CCC(c3ccc(O)c(F)c3F)CC2)CC1. The van der Waals surface area contributed by atoms with Gasteiger partial charge in [0.25, 0.3) is 0 Å². The van der Waals surface area contributed by atoms with Gasteiger partial charge in [0.05, 0.1) is 0 Å². The van der Waals surface area contributed by atoms with Gasteiger partial charge in [-0.25, -0.2) is 4.39 Å². The second kappa shape index (κ2) is 8.33. The first kappa shape index (κ1) is 18.4. The fourth-order valence-electron chi connectivity index (χ4n) is 5.07. The van der Waals surface area contributed by atoms with Gasteiger partial charge in [-0.2, -0.15) is 4.39 Å². The van der Waals surface area contributed by atoms with Crippen LogP contribution >= 0.6 is 0 Å². The number of hydrogen-bond donors (Lipinski definition) is 1. The second-order valence-corrected chi connectivity index (χ2v) is 8.06. The van der Waals surface area contributed by atoms with E-state index < -0.39 is 17.4 Å². The van der Waals surface area contributed by atoms with Crippen molar-refractivity contribution in [1.29, 1.82) is 0 Å². The van der Waals surface area contributed by atoms with E-state index in [2.05, 4.69) is 6.58 Å². The van der Waals surface area contributed by atoms with E-state index in [1.807, 2.05) is 6.08 Å². The molecular weight excluding hydrogens is 318 g/mol. The molecule has 2 aliphatic rings. The zero-order valence-electron chi connectivity index (χ0n) is 15.0. The van der Waals surface area contributed by atoms with Crippen molar-refractivity contribution < 1.29 is 13.9 Å². The fraction of sp³-hybridized carbons (Fsp3) is 0.636. The number of benzene rings is 1. The first-order chi connectivity index (χ1) is 12.1. The zero-order valence-corrected chi connectivity index (χ0v) is 15.0. The van der Waals surface area contributed by atoms with E-state index in [-0.39, 0.29) is 5.92 Å². The summed E-state index contributed by atoms with van der Waals surface area (Å²) in [5.41, 5.74) is 0.446. The lowest BCUT2D eigenvalue weighted by molar-refractivity contribution is 0.156. The molecule has 1 N–H and O–H groups in total. The van der Waals surface area contributed by atoms with Gasteiger partial charge in [-0.05, 0) is 86.7 Å². The number of aromatic hydroxyl groups is 1. The monoisotopic (exact) mass is 348 g/mol. The van der Waals surface area contributed by atoms with Gasteiger partial charge in [-0.15, -0.1) is 6.58 Å². The minimum atomic E-state index is -1.10. The summed E-state index contributed by atoms with van der Waals surface area (Å²) in [6.45, 7) is 3.82. The van der Waals surface area contributed by atoms with Gasteiger partial charge in [0.15, 0.2) is 11.6 Å². The van der Waals surface area contributed by atoms with Crippen LogP contribution in [0.15, 0.2) is 24.8 Å². The van der Waals surface area contributed by atoms with Crippen molar-refractivity contribution >= 4 is 0 Å². The topological polar surface area (TPSA) is 20.2 Å². The van der Waals surface area contributed by atoms with Crippen molar-refractivity contribution in [3.8, 4) is 5.75 Å². The largest absolute Gasteiger partial charge is 0.505 e. The third kappa shape index (κ3) is 4.24. The highest BCUT2D eigenvalue weighted by molar-refractivity contribution is 5.32. The Hall–Kier alpha value is -1.38. The van der Waals surface area contributed by atoms with E-state index in [4.69, 9.17) is 0 Å². The maximum atomic E-state index is 14.1. The molecule has 1 nitrogen and oxygen atoms in total. The smallest absolute Gasteiger partial charge is 0.200 e. The molecule has 1 aromatic rings. The molecule has 1 aromatic carbocycles. The summed E-state index contributed by atoms with van der Waals surface area (Å²) in [5.74, 6) is -0.00862. The summed E-state index contributed by atoms with van der Waals surface area (Å²) >= 11 is 0. The van der Waals surface area contributed by atoms with Gasteiger partial charge in [0.1, 0.15) is 0 Å². The van der Waals surface area contributed by atoms with Gasteiger partial charge in [-0.3, -0.25) is 0 Å². The first-order valence-corrected chi connectivity index (χ1v) is 9.87. The van der Waals surface area contributed by atoms with Crippen LogP contribution in [0.1, 0.15) is 75.7 Å². The highest BCUT2D eigenvalue weighted by Gasteiger charge is 2.32. The van der Waals surface area contributed by atoms with Crippen LogP contribution < -0.4 is 0 Å². The standard InChI is InChI=1S/C22H30F2O/c1-2-3-4-15-5-7-16(8-6-15)17-9-11-18(12-10-17)19-13-14-20(25)22(24)21(19)23/h2,13-18,25H,1,3-12H2. The highest BCUT2D eigenvalue weighted by atomic mass is 19.2. The summed E-state index contributed by atoms with van der Waals surface area (Å²) in [4.78, 5) is 0. The minimum absolute atomic E-state index is 0.0929. The first-order valence-electron chi connectivity index (χ1n) is 9.87. The lowest BCUT2D eigenvalue weighted by atomic mass is 9.68. The molecule has 0 spiro atoms. The molecule has 0 unspecified atom stereocenters. The van der Waals surface area contributed by atoms with Gasteiger partial charge in [0.2, 0.25) is 5.82 Å². The molecule has 0 aromatic heterocycles. The van der Waals surface area contributed by atoms with Crippen molar-refractivity contribution in [2.45, 2.75) is 70.1 Å². The molecule has 0 bridgehead atoms. The molecule has 138 valence electrons. The van der Waals surface area contributed by atoms with Gasteiger partial charge in [0, 0.05) is 0 Å². The van der Waals surface area contributed by atoms with Crippen LogP contribution in [0.4, 0.5) is 8.78 Å². The Morgan fingerprint density at radius 1 is 0.920 bits per heavy atom. The number of rotatable bonds is 5. The highest BCUT2D eigenvalue weighted by Crippen LogP contribution is 2.45. The van der Waals surface area contributed by atoms with Crippen molar-refractivity contribution in [2.24, 2.45) is 17.8 Å². The Kier molecular flexibility index (Phi) is 6.14. The normalized spacial score (nSPS) is 30.2.